The molecule has 6 heteroatoms. The number of hydrogen-bond acceptors (Lipinski definition) is 3. The second-order valence-corrected chi connectivity index (χ2v) is 4.56. The second kappa shape index (κ2) is 3.47. The number of carboxylic acids is 1. The molecule has 1 N–H and O–H groups in total. The number of hydrogen-bond donors (Lipinski definition) is 1. The Bertz CT molecular complexity index is 341. The van der Waals surface area contributed by atoms with Gasteiger partial charge < -0.3 is 5.11 Å². The number of aliphatic carboxylic acids is 1. The molecule has 1 atom stereocenters. The van der Waals surface area contributed by atoms with Gasteiger partial charge in [-0.05, 0) is 5.57 Å². The molecule has 0 aromatic carbocycles. The van der Waals surface area contributed by atoms with Gasteiger partial charge in [-0.25, -0.2) is 4.79 Å². The van der Waals surface area contributed by atoms with Gasteiger partial charge in [0, 0.05) is 11.6 Å². The largest absolute Gasteiger partial charge is 0.477 e. The molecule has 0 radical (unpaired) electrons. The Morgan fingerprint density at radius 3 is 2.93 bits per heavy atom. The van der Waals surface area contributed by atoms with Crippen molar-refractivity contribution in [3.63, 3.8) is 0 Å². The third kappa shape index (κ3) is 1.31. The van der Waals surface area contributed by atoms with Crippen molar-refractivity contribution < 1.29 is 14.7 Å². The molecule has 2 aliphatic heterocycles. The summed E-state index contributed by atoms with van der Waals surface area (Å²) in [7, 11) is 0. The molecule has 2 rings (SSSR count). The fraction of sp³-hybridized carbons (Fsp3) is 0.500. The molecule has 0 saturated carbocycles. The van der Waals surface area contributed by atoms with E-state index in [1.165, 1.54) is 4.90 Å². The quantitative estimate of drug-likeness (QED) is 0.568. The summed E-state index contributed by atoms with van der Waals surface area (Å²) in [4.78, 5) is 23.5. The van der Waals surface area contributed by atoms with Crippen molar-refractivity contribution in [1.29, 1.82) is 0 Å². The van der Waals surface area contributed by atoms with E-state index in [2.05, 4.69) is 0 Å². The van der Waals surface area contributed by atoms with Crippen molar-refractivity contribution >= 4 is 35.2 Å². The summed E-state index contributed by atoms with van der Waals surface area (Å²) in [6.45, 7) is 0. The highest BCUT2D eigenvalue weighted by atomic mass is 35.5. The molecule has 0 aromatic rings. The molecule has 4 nitrogen and oxygen atoms in total. The lowest BCUT2D eigenvalue weighted by Gasteiger charge is -2.43. The first-order chi connectivity index (χ1) is 6.65. The summed E-state index contributed by atoms with van der Waals surface area (Å²) in [5.41, 5.74) is 0.730. The van der Waals surface area contributed by atoms with Crippen LogP contribution in [0.2, 0.25) is 0 Å². The van der Waals surface area contributed by atoms with Gasteiger partial charge in [-0.15, -0.1) is 23.4 Å². The molecule has 0 bridgehead atoms. The molecule has 0 aliphatic carbocycles. The predicted molar refractivity (Wildman–Crippen MR) is 53.1 cm³/mol. The van der Waals surface area contributed by atoms with Gasteiger partial charge in [-0.2, -0.15) is 0 Å². The van der Waals surface area contributed by atoms with Gasteiger partial charge in [0.1, 0.15) is 5.70 Å². The third-order valence-corrected chi connectivity index (χ3v) is 3.90. The van der Waals surface area contributed by atoms with Crippen molar-refractivity contribution in [1.82, 2.24) is 4.90 Å². The van der Waals surface area contributed by atoms with Crippen LogP contribution in [0, 0.1) is 0 Å². The Morgan fingerprint density at radius 1 is 1.71 bits per heavy atom. The Kier molecular flexibility index (Phi) is 2.45. The lowest BCUT2D eigenvalue weighted by Crippen LogP contribution is -2.54. The Hall–Kier alpha value is -0.680. The standard InChI is InChI=1S/C8H8ClNO3S/c9-2-4-3-14-6-1-5(11)10(6)7(4)8(12)13/h6H,1-3H2,(H,12,13). The zero-order valence-corrected chi connectivity index (χ0v) is 8.77. The lowest BCUT2D eigenvalue weighted by molar-refractivity contribution is -0.146. The molecular formula is C8H8ClNO3S. The molecule has 76 valence electrons. The minimum Gasteiger partial charge on any atom is -0.477 e. The summed E-state index contributed by atoms with van der Waals surface area (Å²) in [6.07, 6.45) is 0.441. The summed E-state index contributed by atoms with van der Waals surface area (Å²) < 4.78 is 0. The minimum atomic E-state index is -1.06. The summed E-state index contributed by atoms with van der Waals surface area (Å²) in [5.74, 6) is -0.397. The van der Waals surface area contributed by atoms with Crippen LogP contribution >= 0.6 is 23.4 Å². The SMILES string of the molecule is O=C(O)C1=C(CCl)CSC2CC(=O)N12. The van der Waals surface area contributed by atoms with Crippen molar-refractivity contribution in [2.75, 3.05) is 11.6 Å². The summed E-state index contributed by atoms with van der Waals surface area (Å²) in [5, 5.41) is 8.97. The average Bonchev–Trinajstić information content (AvgIpc) is 2.15. The van der Waals surface area contributed by atoms with Crippen LogP contribution < -0.4 is 0 Å². The summed E-state index contributed by atoms with van der Waals surface area (Å²) >= 11 is 7.20. The topological polar surface area (TPSA) is 57.6 Å². The van der Waals surface area contributed by atoms with E-state index >= 15 is 0 Å². The highest BCUT2D eigenvalue weighted by Gasteiger charge is 2.44. The molecular weight excluding hydrogens is 226 g/mol. The van der Waals surface area contributed by atoms with Crippen molar-refractivity contribution in [3.05, 3.63) is 11.3 Å². The fourth-order valence-corrected chi connectivity index (χ4v) is 3.18. The van der Waals surface area contributed by atoms with Gasteiger partial charge in [-0.3, -0.25) is 9.69 Å². The summed E-state index contributed by atoms with van der Waals surface area (Å²) in [6, 6.07) is 0. The molecule has 1 saturated heterocycles. The van der Waals surface area contributed by atoms with Crippen LogP contribution in [-0.4, -0.2) is 38.9 Å². The zero-order chi connectivity index (χ0) is 10.3. The first-order valence-corrected chi connectivity index (χ1v) is 5.68. The second-order valence-electron chi connectivity index (χ2n) is 3.12. The van der Waals surface area contributed by atoms with Crippen molar-refractivity contribution in [3.8, 4) is 0 Å². The molecule has 1 amide bonds. The average molecular weight is 234 g/mol. The minimum absolute atomic E-state index is 0.0144. The van der Waals surface area contributed by atoms with Gasteiger partial charge >= 0.3 is 5.97 Å². The Labute approximate surface area is 89.9 Å². The molecule has 0 spiro atoms. The van der Waals surface area contributed by atoms with Crippen LogP contribution in [0.4, 0.5) is 0 Å². The predicted octanol–water partition coefficient (Wildman–Crippen LogP) is 0.869. The van der Waals surface area contributed by atoms with E-state index in [4.69, 9.17) is 16.7 Å². The number of amides is 1. The van der Waals surface area contributed by atoms with Gasteiger partial charge in [-0.1, -0.05) is 0 Å². The van der Waals surface area contributed by atoms with E-state index in [0.717, 1.165) is 0 Å². The van der Waals surface area contributed by atoms with Crippen molar-refractivity contribution in [2.45, 2.75) is 11.8 Å². The number of β-lactam (4-membered cyclic amide) rings is 1. The van der Waals surface area contributed by atoms with Crippen LogP contribution in [0.15, 0.2) is 11.3 Å². The van der Waals surface area contributed by atoms with Crippen LogP contribution in [0.5, 0.6) is 0 Å². The number of carbonyl (C=O) groups is 2. The van der Waals surface area contributed by atoms with E-state index in [0.29, 0.717) is 17.7 Å². The highest BCUT2D eigenvalue weighted by molar-refractivity contribution is 8.00. The van der Waals surface area contributed by atoms with Crippen LogP contribution in [-0.2, 0) is 9.59 Å². The number of carbonyl (C=O) groups excluding carboxylic acids is 1. The Balaban J connectivity index is 2.37. The molecule has 0 aromatic heterocycles. The molecule has 2 heterocycles. The maximum atomic E-state index is 11.2. The van der Waals surface area contributed by atoms with Crippen LogP contribution in [0.25, 0.3) is 0 Å². The number of rotatable bonds is 2. The van der Waals surface area contributed by atoms with E-state index in [-0.39, 0.29) is 22.9 Å². The zero-order valence-electron chi connectivity index (χ0n) is 7.20. The molecule has 14 heavy (non-hydrogen) atoms. The van der Waals surface area contributed by atoms with E-state index in [1.54, 1.807) is 11.8 Å². The fourth-order valence-electron chi connectivity index (χ4n) is 1.58. The number of fused-ring (bicyclic) bond motifs is 1. The number of thioether (sulfide) groups is 1. The maximum Gasteiger partial charge on any atom is 0.352 e. The van der Waals surface area contributed by atoms with Crippen LogP contribution in [0.1, 0.15) is 6.42 Å². The molecule has 2 aliphatic rings. The maximum absolute atomic E-state index is 11.2. The first kappa shape index (κ1) is 9.86. The number of carboxylic acid groups (broad SMARTS) is 1. The van der Waals surface area contributed by atoms with Crippen molar-refractivity contribution in [2.24, 2.45) is 0 Å². The Morgan fingerprint density at radius 2 is 2.43 bits per heavy atom. The van der Waals surface area contributed by atoms with Gasteiger partial charge in [0.05, 0.1) is 11.8 Å². The highest BCUT2D eigenvalue weighted by Crippen LogP contribution is 2.39. The monoisotopic (exact) mass is 233 g/mol. The van der Waals surface area contributed by atoms with Gasteiger partial charge in [0.2, 0.25) is 5.91 Å². The van der Waals surface area contributed by atoms with Crippen LogP contribution in [0.3, 0.4) is 0 Å². The number of halogens is 1. The number of nitrogens with zero attached hydrogens (tertiary/aromatic N) is 1. The van der Waals surface area contributed by atoms with Gasteiger partial charge in [0.15, 0.2) is 0 Å². The van der Waals surface area contributed by atoms with E-state index < -0.39 is 5.97 Å². The third-order valence-electron chi connectivity index (χ3n) is 2.30. The smallest absolute Gasteiger partial charge is 0.352 e. The number of alkyl halides is 1. The van der Waals surface area contributed by atoms with E-state index in [1.807, 2.05) is 0 Å². The normalized spacial score (nSPS) is 25.9. The first-order valence-electron chi connectivity index (χ1n) is 4.10. The van der Waals surface area contributed by atoms with Gasteiger partial charge in [0.25, 0.3) is 0 Å². The molecule has 1 fully saturated rings. The van der Waals surface area contributed by atoms with E-state index in [9.17, 15) is 9.59 Å². The lowest BCUT2D eigenvalue weighted by atomic mass is 10.1. The molecule has 1 unspecified atom stereocenters.